The molecule has 0 fully saturated rings. The zero-order valence-electron chi connectivity index (χ0n) is 9.41. The summed E-state index contributed by atoms with van der Waals surface area (Å²) in [5.41, 5.74) is 1.46. The fourth-order valence-corrected chi connectivity index (χ4v) is 2.45. The van der Waals surface area contributed by atoms with Crippen LogP contribution in [0, 0.1) is 5.82 Å². The van der Waals surface area contributed by atoms with Crippen LogP contribution in [0.3, 0.4) is 0 Å². The minimum Gasteiger partial charge on any atom is -0.388 e. The lowest BCUT2D eigenvalue weighted by atomic mass is 10.0. The fourth-order valence-electron chi connectivity index (χ4n) is 1.77. The van der Waals surface area contributed by atoms with Crippen LogP contribution in [-0.4, -0.2) is 5.11 Å². The van der Waals surface area contributed by atoms with E-state index in [9.17, 15) is 9.50 Å². The lowest BCUT2D eigenvalue weighted by molar-refractivity contribution is 0.178. The van der Waals surface area contributed by atoms with E-state index in [1.165, 1.54) is 12.1 Å². The van der Waals surface area contributed by atoms with Gasteiger partial charge in [0.25, 0.3) is 0 Å². The van der Waals surface area contributed by atoms with Gasteiger partial charge in [0.05, 0.1) is 6.10 Å². The molecular formula is C14H11BrClFO. The number of aliphatic hydroxyl groups is 1. The van der Waals surface area contributed by atoms with Crippen molar-refractivity contribution in [2.45, 2.75) is 12.5 Å². The Bertz CT molecular complexity index is 539. The normalized spacial score (nSPS) is 12.4. The van der Waals surface area contributed by atoms with E-state index in [1.54, 1.807) is 6.07 Å². The van der Waals surface area contributed by atoms with Crippen LogP contribution in [0.25, 0.3) is 0 Å². The summed E-state index contributed by atoms with van der Waals surface area (Å²) in [6.45, 7) is 0. The van der Waals surface area contributed by atoms with Crippen LogP contribution < -0.4 is 0 Å². The summed E-state index contributed by atoms with van der Waals surface area (Å²) in [7, 11) is 0. The zero-order chi connectivity index (χ0) is 13.1. The first kappa shape index (κ1) is 13.5. The van der Waals surface area contributed by atoms with Crippen molar-refractivity contribution in [2.75, 3.05) is 0 Å². The van der Waals surface area contributed by atoms with Crippen molar-refractivity contribution < 1.29 is 9.50 Å². The summed E-state index contributed by atoms with van der Waals surface area (Å²) < 4.78 is 14.1. The molecule has 0 amide bonds. The summed E-state index contributed by atoms with van der Waals surface area (Å²) in [5.74, 6) is -0.439. The van der Waals surface area contributed by atoms with Gasteiger partial charge in [0, 0.05) is 15.9 Å². The lowest BCUT2D eigenvalue weighted by Gasteiger charge is -2.12. The Morgan fingerprint density at radius 2 is 2.00 bits per heavy atom. The Kier molecular flexibility index (Phi) is 4.38. The van der Waals surface area contributed by atoms with Gasteiger partial charge in [-0.3, -0.25) is 0 Å². The Morgan fingerprint density at radius 1 is 1.22 bits per heavy atom. The molecule has 0 saturated carbocycles. The highest BCUT2D eigenvalue weighted by Gasteiger charge is 2.11. The van der Waals surface area contributed by atoms with Crippen molar-refractivity contribution in [1.82, 2.24) is 0 Å². The number of halogens is 3. The van der Waals surface area contributed by atoms with Gasteiger partial charge in [-0.05, 0) is 41.5 Å². The van der Waals surface area contributed by atoms with Crippen LogP contribution in [0.5, 0.6) is 0 Å². The van der Waals surface area contributed by atoms with Crippen LogP contribution >= 0.6 is 27.5 Å². The van der Waals surface area contributed by atoms with E-state index in [0.717, 1.165) is 10.0 Å². The third kappa shape index (κ3) is 3.55. The van der Waals surface area contributed by atoms with E-state index in [-0.39, 0.29) is 0 Å². The van der Waals surface area contributed by atoms with Crippen LogP contribution in [0.4, 0.5) is 4.39 Å². The van der Waals surface area contributed by atoms with E-state index in [0.29, 0.717) is 17.0 Å². The molecule has 0 bridgehead atoms. The molecule has 94 valence electrons. The van der Waals surface area contributed by atoms with Gasteiger partial charge in [0.15, 0.2) is 0 Å². The summed E-state index contributed by atoms with van der Waals surface area (Å²) in [6.07, 6.45) is -0.355. The number of hydrogen-bond donors (Lipinski definition) is 1. The van der Waals surface area contributed by atoms with E-state index in [2.05, 4.69) is 15.9 Å². The third-order valence-electron chi connectivity index (χ3n) is 2.59. The Hall–Kier alpha value is -0.900. The molecule has 0 radical (unpaired) electrons. The molecule has 1 N–H and O–H groups in total. The van der Waals surface area contributed by atoms with Crippen LogP contribution in [0.15, 0.2) is 46.9 Å². The molecule has 4 heteroatoms. The highest BCUT2D eigenvalue weighted by atomic mass is 79.9. The molecule has 0 heterocycles. The van der Waals surface area contributed by atoms with E-state index in [1.807, 2.05) is 24.3 Å². The summed E-state index contributed by atoms with van der Waals surface area (Å²) >= 11 is 9.13. The van der Waals surface area contributed by atoms with Crippen molar-refractivity contribution in [2.24, 2.45) is 0 Å². The Morgan fingerprint density at radius 3 is 2.67 bits per heavy atom. The molecule has 1 unspecified atom stereocenters. The fraction of sp³-hybridized carbons (Fsp3) is 0.143. The maximum absolute atomic E-state index is 13.2. The molecule has 2 aromatic rings. The van der Waals surface area contributed by atoms with Gasteiger partial charge >= 0.3 is 0 Å². The summed E-state index contributed by atoms with van der Waals surface area (Å²) in [5, 5.41) is 10.4. The Balaban J connectivity index is 2.19. The van der Waals surface area contributed by atoms with Gasteiger partial charge in [-0.2, -0.15) is 0 Å². The average molecular weight is 330 g/mol. The van der Waals surface area contributed by atoms with Gasteiger partial charge in [-0.1, -0.05) is 39.7 Å². The molecule has 0 aromatic heterocycles. The van der Waals surface area contributed by atoms with Crippen molar-refractivity contribution in [3.63, 3.8) is 0 Å². The second-order valence-electron chi connectivity index (χ2n) is 4.05. The molecule has 18 heavy (non-hydrogen) atoms. The van der Waals surface area contributed by atoms with Crippen LogP contribution in [-0.2, 0) is 6.42 Å². The van der Waals surface area contributed by atoms with E-state index in [4.69, 9.17) is 11.6 Å². The molecule has 1 nitrogen and oxygen atoms in total. The number of aliphatic hydroxyl groups excluding tert-OH is 1. The van der Waals surface area contributed by atoms with Gasteiger partial charge in [-0.15, -0.1) is 0 Å². The molecule has 2 rings (SSSR count). The van der Waals surface area contributed by atoms with Crippen LogP contribution in [0.2, 0.25) is 5.02 Å². The molecule has 0 aliphatic rings. The average Bonchev–Trinajstić information content (AvgIpc) is 2.27. The molecule has 0 spiro atoms. The predicted octanol–water partition coefficient (Wildman–Crippen LogP) is 4.52. The SMILES string of the molecule is OC(Cc1cccc(Br)c1)c1cc(F)cc(Cl)c1. The molecule has 0 aliphatic heterocycles. The van der Waals surface area contributed by atoms with Crippen molar-refractivity contribution in [1.29, 1.82) is 0 Å². The maximum Gasteiger partial charge on any atom is 0.125 e. The Labute approximate surface area is 118 Å². The summed E-state index contributed by atoms with van der Waals surface area (Å²) in [4.78, 5) is 0. The summed E-state index contributed by atoms with van der Waals surface area (Å²) in [6, 6.07) is 11.7. The lowest BCUT2D eigenvalue weighted by Crippen LogP contribution is -2.02. The largest absolute Gasteiger partial charge is 0.388 e. The third-order valence-corrected chi connectivity index (χ3v) is 3.30. The molecular weight excluding hydrogens is 319 g/mol. The molecule has 2 aromatic carbocycles. The molecule has 1 atom stereocenters. The highest BCUT2D eigenvalue weighted by molar-refractivity contribution is 9.10. The van der Waals surface area contributed by atoms with Gasteiger partial charge in [0.1, 0.15) is 5.82 Å². The maximum atomic E-state index is 13.2. The minimum absolute atomic E-state index is 0.290. The quantitative estimate of drug-likeness (QED) is 0.878. The van der Waals surface area contributed by atoms with E-state index < -0.39 is 11.9 Å². The van der Waals surface area contributed by atoms with Gasteiger partial charge in [0.2, 0.25) is 0 Å². The smallest absolute Gasteiger partial charge is 0.125 e. The predicted molar refractivity (Wildman–Crippen MR) is 74.2 cm³/mol. The standard InChI is InChI=1S/C14H11BrClFO/c15-11-3-1-2-9(4-11)5-14(18)10-6-12(16)8-13(17)7-10/h1-4,6-8,14,18H,5H2. The second kappa shape index (κ2) is 5.83. The molecule has 0 aliphatic carbocycles. The van der Waals surface area contributed by atoms with E-state index >= 15 is 0 Å². The van der Waals surface area contributed by atoms with Crippen molar-refractivity contribution >= 4 is 27.5 Å². The minimum atomic E-state index is -0.771. The highest BCUT2D eigenvalue weighted by Crippen LogP contribution is 2.24. The van der Waals surface area contributed by atoms with Gasteiger partial charge < -0.3 is 5.11 Å². The first-order valence-electron chi connectivity index (χ1n) is 5.43. The second-order valence-corrected chi connectivity index (χ2v) is 5.40. The van der Waals surface area contributed by atoms with Gasteiger partial charge in [-0.25, -0.2) is 4.39 Å². The topological polar surface area (TPSA) is 20.2 Å². The van der Waals surface area contributed by atoms with Crippen molar-refractivity contribution in [3.8, 4) is 0 Å². The molecule has 0 saturated heterocycles. The first-order chi connectivity index (χ1) is 8.54. The monoisotopic (exact) mass is 328 g/mol. The van der Waals surface area contributed by atoms with Crippen molar-refractivity contribution in [3.05, 3.63) is 68.9 Å². The van der Waals surface area contributed by atoms with Crippen LogP contribution in [0.1, 0.15) is 17.2 Å². The number of hydrogen-bond acceptors (Lipinski definition) is 1. The zero-order valence-corrected chi connectivity index (χ0v) is 11.7. The first-order valence-corrected chi connectivity index (χ1v) is 6.60. The number of rotatable bonds is 3. The number of benzene rings is 2.